The third-order valence-electron chi connectivity index (χ3n) is 11.0. The Bertz CT molecular complexity index is 1800. The van der Waals surface area contributed by atoms with E-state index in [2.05, 4.69) is 91.5 Å². The van der Waals surface area contributed by atoms with Crippen molar-refractivity contribution >= 4 is 29.2 Å². The molecule has 2 atom stereocenters. The number of nitrogens with zero attached hydrogens (tertiary/aromatic N) is 1. The van der Waals surface area contributed by atoms with Crippen LogP contribution in [0.25, 0.3) is 33.4 Å². The van der Waals surface area contributed by atoms with Crippen molar-refractivity contribution in [2.75, 3.05) is 13.1 Å². The molecule has 0 radical (unpaired) electrons. The van der Waals surface area contributed by atoms with Gasteiger partial charge in [0.25, 0.3) is 0 Å². The second kappa shape index (κ2) is 11.9. The van der Waals surface area contributed by atoms with E-state index in [0.29, 0.717) is 10.4 Å². The van der Waals surface area contributed by atoms with Gasteiger partial charge in [-0.15, -0.1) is 0 Å². The van der Waals surface area contributed by atoms with Gasteiger partial charge in [-0.2, -0.15) is 0 Å². The molecule has 1 fully saturated rings. The van der Waals surface area contributed by atoms with Crippen LogP contribution in [0.15, 0.2) is 72.8 Å². The first kappa shape index (κ1) is 30.5. The van der Waals surface area contributed by atoms with Crippen molar-refractivity contribution in [3.05, 3.63) is 105 Å². The van der Waals surface area contributed by atoms with Crippen LogP contribution in [0.3, 0.4) is 0 Å². The third-order valence-corrected chi connectivity index (χ3v) is 11.8. The van der Waals surface area contributed by atoms with Crippen molar-refractivity contribution in [3.8, 4) is 33.4 Å². The average molecular weight is 639 g/mol. The minimum atomic E-state index is -0.743. The fraction of sp³-hybridized carbons (Fsp3) is 0.375. The van der Waals surface area contributed by atoms with Crippen LogP contribution < -0.4 is 0 Å². The molecule has 0 saturated carbocycles. The number of fused-ring (bicyclic) bond motifs is 2. The SMILES string of the molecule is CCCC1(C)CCc2cc(-c3cccc(-c4cccc(-c5ccc6c(c5)CCC5(CCN5CC(=O)O)C6)c4Cl)c3Cl)ccc2C1. The maximum atomic E-state index is 11.4. The summed E-state index contributed by atoms with van der Waals surface area (Å²) in [6.07, 6.45) is 9.94. The molecule has 1 N–H and O–H groups in total. The van der Waals surface area contributed by atoms with Gasteiger partial charge in [0.05, 0.1) is 16.6 Å². The zero-order chi connectivity index (χ0) is 31.3. The van der Waals surface area contributed by atoms with Crippen LogP contribution >= 0.6 is 23.2 Å². The zero-order valence-corrected chi connectivity index (χ0v) is 27.8. The van der Waals surface area contributed by atoms with E-state index in [1.807, 2.05) is 0 Å². The third kappa shape index (κ3) is 5.62. The van der Waals surface area contributed by atoms with E-state index in [4.69, 9.17) is 23.2 Å². The Hall–Kier alpha value is -3.11. The molecule has 1 heterocycles. The van der Waals surface area contributed by atoms with Crippen molar-refractivity contribution in [1.29, 1.82) is 0 Å². The van der Waals surface area contributed by atoms with Crippen molar-refractivity contribution < 1.29 is 9.90 Å². The number of carboxylic acids is 1. The smallest absolute Gasteiger partial charge is 0.317 e. The number of rotatable bonds is 7. The largest absolute Gasteiger partial charge is 0.480 e. The van der Waals surface area contributed by atoms with Crippen LogP contribution in [0.2, 0.25) is 10.0 Å². The van der Waals surface area contributed by atoms with Gasteiger partial charge in [0.15, 0.2) is 0 Å². The summed E-state index contributed by atoms with van der Waals surface area (Å²) in [6.45, 7) is 5.73. The number of hydrogen-bond acceptors (Lipinski definition) is 2. The molecular weight excluding hydrogens is 597 g/mol. The first-order valence-electron chi connectivity index (χ1n) is 16.5. The van der Waals surface area contributed by atoms with Crippen LogP contribution in [0.1, 0.15) is 68.2 Å². The topological polar surface area (TPSA) is 40.5 Å². The molecule has 232 valence electrons. The predicted octanol–water partition coefficient (Wildman–Crippen LogP) is 10.3. The standard InChI is InChI=1S/C40H41Cl2NO2/c1-3-16-39(2)17-14-26-21-28(10-12-30(26)23-39)32-6-4-8-34(37(32)41)35-9-5-7-33(38(35)42)29-11-13-31-24-40(18-15-27(31)22-29)19-20-43(40)25-36(44)45/h4-13,21-22H,3,14-20,23-25H2,1-2H3,(H,44,45). The van der Waals surface area contributed by atoms with Gasteiger partial charge in [-0.05, 0) is 90.2 Å². The van der Waals surface area contributed by atoms with E-state index in [1.165, 1.54) is 41.5 Å². The zero-order valence-electron chi connectivity index (χ0n) is 26.3. The molecule has 4 aromatic rings. The van der Waals surface area contributed by atoms with E-state index in [0.717, 1.165) is 83.5 Å². The Morgan fingerprint density at radius 1 is 0.756 bits per heavy atom. The molecule has 5 heteroatoms. The molecule has 1 saturated heterocycles. The molecule has 3 aliphatic rings. The maximum Gasteiger partial charge on any atom is 0.317 e. The lowest BCUT2D eigenvalue weighted by molar-refractivity contribution is -0.144. The molecule has 2 aliphatic carbocycles. The van der Waals surface area contributed by atoms with Gasteiger partial charge in [0, 0.05) is 34.3 Å². The summed E-state index contributed by atoms with van der Waals surface area (Å²) >= 11 is 14.4. The average Bonchev–Trinajstić information content (AvgIpc) is 3.03. The minimum absolute atomic E-state index is 0.0000711. The summed E-state index contributed by atoms with van der Waals surface area (Å²) in [5.74, 6) is -0.743. The van der Waals surface area contributed by atoms with Gasteiger partial charge in [-0.25, -0.2) is 0 Å². The van der Waals surface area contributed by atoms with E-state index in [-0.39, 0.29) is 12.1 Å². The highest BCUT2D eigenvalue weighted by Crippen LogP contribution is 2.46. The van der Waals surface area contributed by atoms with Gasteiger partial charge in [0.1, 0.15) is 0 Å². The summed E-state index contributed by atoms with van der Waals surface area (Å²) in [4.78, 5) is 13.5. The van der Waals surface area contributed by atoms with Crippen LogP contribution in [0, 0.1) is 5.41 Å². The molecule has 0 amide bonds. The summed E-state index contributed by atoms with van der Waals surface area (Å²) in [6, 6.07) is 26.1. The number of aliphatic carboxylic acids is 1. The highest BCUT2D eigenvalue weighted by atomic mass is 35.5. The van der Waals surface area contributed by atoms with E-state index in [9.17, 15) is 9.90 Å². The fourth-order valence-electron chi connectivity index (χ4n) is 8.41. The molecule has 45 heavy (non-hydrogen) atoms. The highest BCUT2D eigenvalue weighted by Gasteiger charge is 2.46. The molecule has 1 spiro atoms. The van der Waals surface area contributed by atoms with Crippen LogP contribution in [0.4, 0.5) is 0 Å². The number of carbonyl (C=O) groups is 1. The quantitative estimate of drug-likeness (QED) is 0.219. The number of benzene rings is 4. The molecule has 1 aliphatic heterocycles. The first-order valence-corrected chi connectivity index (χ1v) is 17.2. The highest BCUT2D eigenvalue weighted by molar-refractivity contribution is 6.39. The van der Waals surface area contributed by atoms with E-state index >= 15 is 0 Å². The Kier molecular flexibility index (Phi) is 8.09. The van der Waals surface area contributed by atoms with E-state index < -0.39 is 5.97 Å². The fourth-order valence-corrected chi connectivity index (χ4v) is 9.09. The van der Waals surface area contributed by atoms with Crippen molar-refractivity contribution in [3.63, 3.8) is 0 Å². The summed E-state index contributed by atoms with van der Waals surface area (Å²) in [5.41, 5.74) is 12.2. The van der Waals surface area contributed by atoms with Gasteiger partial charge in [-0.3, -0.25) is 9.69 Å². The molecule has 2 unspecified atom stereocenters. The number of halogens is 2. The lowest BCUT2D eigenvalue weighted by Gasteiger charge is -2.54. The van der Waals surface area contributed by atoms with Gasteiger partial charge >= 0.3 is 5.97 Å². The lowest BCUT2D eigenvalue weighted by atomic mass is 9.70. The first-order chi connectivity index (χ1) is 21.7. The Labute approximate surface area is 277 Å². The second-order valence-corrected chi connectivity index (χ2v) is 14.8. The molecular formula is C40H41Cl2NO2. The Morgan fingerprint density at radius 2 is 1.31 bits per heavy atom. The van der Waals surface area contributed by atoms with Gasteiger partial charge in [-0.1, -0.05) is 116 Å². The van der Waals surface area contributed by atoms with Crippen LogP contribution in [0.5, 0.6) is 0 Å². The summed E-state index contributed by atoms with van der Waals surface area (Å²) in [5, 5.41) is 10.8. The molecule has 7 rings (SSSR count). The number of aryl methyl sites for hydroxylation is 2. The normalized spacial score (nSPS) is 22.5. The van der Waals surface area contributed by atoms with Gasteiger partial charge < -0.3 is 5.11 Å². The van der Waals surface area contributed by atoms with E-state index in [1.54, 1.807) is 0 Å². The number of hydrogen-bond donors (Lipinski definition) is 1. The Balaban J connectivity index is 1.17. The lowest BCUT2D eigenvalue weighted by Crippen LogP contribution is -2.63. The summed E-state index contributed by atoms with van der Waals surface area (Å²) < 4.78 is 0. The van der Waals surface area contributed by atoms with Crippen LogP contribution in [-0.2, 0) is 30.5 Å². The van der Waals surface area contributed by atoms with Crippen molar-refractivity contribution in [2.45, 2.75) is 77.2 Å². The molecule has 0 bridgehead atoms. The number of likely N-dealkylation sites (tertiary alicyclic amines) is 1. The van der Waals surface area contributed by atoms with Gasteiger partial charge in [0.2, 0.25) is 0 Å². The summed E-state index contributed by atoms with van der Waals surface area (Å²) in [7, 11) is 0. The number of carboxylic acid groups (broad SMARTS) is 1. The second-order valence-electron chi connectivity index (χ2n) is 14.0. The van der Waals surface area contributed by atoms with Crippen LogP contribution in [-0.4, -0.2) is 34.6 Å². The monoisotopic (exact) mass is 637 g/mol. The predicted molar refractivity (Wildman–Crippen MR) is 186 cm³/mol. The molecule has 3 nitrogen and oxygen atoms in total. The maximum absolute atomic E-state index is 11.4. The minimum Gasteiger partial charge on any atom is -0.480 e. The van der Waals surface area contributed by atoms with Crippen molar-refractivity contribution in [2.24, 2.45) is 5.41 Å². The van der Waals surface area contributed by atoms with Crippen molar-refractivity contribution in [1.82, 2.24) is 4.90 Å². The molecule has 0 aromatic heterocycles. The Morgan fingerprint density at radius 3 is 1.84 bits per heavy atom. The molecule has 4 aromatic carbocycles.